The number of ether oxygens (including phenoxy) is 4. The molecule has 9 rings (SSSR count). The van der Waals surface area contributed by atoms with E-state index in [9.17, 15) is 14.4 Å². The molecule has 6 aliphatic rings. The summed E-state index contributed by atoms with van der Waals surface area (Å²) in [7, 11) is 0. The van der Waals surface area contributed by atoms with Crippen LogP contribution >= 0.6 is 0 Å². The Morgan fingerprint density at radius 2 is 1.63 bits per heavy atom. The van der Waals surface area contributed by atoms with Crippen LogP contribution < -0.4 is 10.6 Å². The molecule has 2 bridgehead atoms. The van der Waals surface area contributed by atoms with E-state index in [1.165, 1.54) is 0 Å². The van der Waals surface area contributed by atoms with Crippen LogP contribution in [0, 0.1) is 11.3 Å². The van der Waals surface area contributed by atoms with Crippen molar-refractivity contribution in [3.05, 3.63) is 113 Å². The van der Waals surface area contributed by atoms with Gasteiger partial charge in [0.05, 0.1) is 25.4 Å². The molecule has 2 saturated carbocycles. The van der Waals surface area contributed by atoms with E-state index in [4.69, 9.17) is 28.9 Å². The number of epoxide rings is 1. The van der Waals surface area contributed by atoms with E-state index in [2.05, 4.69) is 34.9 Å². The number of carbonyl (C=O) groups excluding carboxylic acids is 3. The SMILES string of the molecule is O=C(CCNC(=O)[C@@]12C[C@H]3OC(=O)[C@@H]1N(Cc1cccc(C=CC4CCC5OC5C4)c1)O[C@@H]2[C@H]1OC(c2ccccc2)(c2ccccc2)O[C@H]13)NCCO. The number of fused-ring (bicyclic) bond motifs is 5. The highest BCUT2D eigenvalue weighted by molar-refractivity contribution is 5.94. The topological polar surface area (TPSA) is 148 Å². The van der Waals surface area contributed by atoms with Crippen LogP contribution in [0.25, 0.3) is 6.08 Å². The number of nitrogens with zero attached hydrogens (tertiary/aromatic N) is 1. The lowest BCUT2D eigenvalue weighted by atomic mass is 9.62. The van der Waals surface area contributed by atoms with Gasteiger partial charge in [-0.3, -0.25) is 19.2 Å². The zero-order chi connectivity index (χ0) is 36.9. The van der Waals surface area contributed by atoms with Gasteiger partial charge in [0.25, 0.3) is 0 Å². The fraction of sp³-hybridized carbons (Fsp3) is 0.452. The monoisotopic (exact) mass is 735 g/mol. The summed E-state index contributed by atoms with van der Waals surface area (Å²) in [6.45, 7) is 0.178. The minimum atomic E-state index is -1.41. The van der Waals surface area contributed by atoms with Crippen LogP contribution in [0.4, 0.5) is 0 Å². The molecular weight excluding hydrogens is 690 g/mol. The standard InChI is InChI=1S/C42H45N3O9/c46-21-20-43-34(47)18-19-44-40(49)41-24-33-35-36(53-42(52-35,29-10-3-1-4-11-29)30-12-5-2-6-13-30)38(41)54-45(37(41)39(48)51-33)25-28-9-7-8-26(22-28)14-15-27-16-17-31-32(23-27)50-31/h1-15,22,27,31-33,35-38,46H,16-21,23-25H2,(H,43,47)(H,44,49)/t27?,31?,32?,33-,35+,36+,37+,38-,41+/m1/s1. The zero-order valence-electron chi connectivity index (χ0n) is 29.9. The van der Waals surface area contributed by atoms with Crippen molar-refractivity contribution in [2.45, 2.75) is 87.1 Å². The van der Waals surface area contributed by atoms with Gasteiger partial charge in [-0.05, 0) is 36.3 Å². The molecule has 0 radical (unpaired) electrons. The minimum absolute atomic E-state index is 0.00180. The average Bonchev–Trinajstić information content (AvgIpc) is 3.72. The van der Waals surface area contributed by atoms with Crippen LogP contribution in [0.3, 0.4) is 0 Å². The summed E-state index contributed by atoms with van der Waals surface area (Å²) in [5, 5.41) is 16.2. The molecule has 6 fully saturated rings. The van der Waals surface area contributed by atoms with Crippen molar-refractivity contribution in [2.24, 2.45) is 11.3 Å². The molecule has 9 atom stereocenters. The van der Waals surface area contributed by atoms with Crippen molar-refractivity contribution < 1.29 is 43.3 Å². The largest absolute Gasteiger partial charge is 0.458 e. The molecule has 0 spiro atoms. The normalized spacial score (nSPS) is 33.1. The highest BCUT2D eigenvalue weighted by Gasteiger charge is 2.76. The molecule has 4 heterocycles. The van der Waals surface area contributed by atoms with Crippen molar-refractivity contribution in [1.82, 2.24) is 15.7 Å². The molecular formula is C42H45N3O9. The first-order valence-electron chi connectivity index (χ1n) is 19.1. The molecule has 4 saturated heterocycles. The molecule has 3 aromatic rings. The molecule has 2 amide bonds. The molecule has 54 heavy (non-hydrogen) atoms. The smallest absolute Gasteiger partial charge is 0.327 e. The average molecular weight is 736 g/mol. The second-order valence-electron chi connectivity index (χ2n) is 15.2. The van der Waals surface area contributed by atoms with Crippen molar-refractivity contribution in [3.63, 3.8) is 0 Å². The Hall–Kier alpha value is -4.43. The Bertz CT molecular complexity index is 1870. The molecule has 2 aliphatic carbocycles. The molecule has 12 nitrogen and oxygen atoms in total. The summed E-state index contributed by atoms with van der Waals surface area (Å²) in [6.07, 6.45) is 5.43. The van der Waals surface area contributed by atoms with Gasteiger partial charge in [-0.25, -0.2) is 0 Å². The minimum Gasteiger partial charge on any atom is -0.458 e. The Balaban J connectivity index is 1.04. The molecule has 12 heteroatoms. The predicted octanol–water partition coefficient (Wildman–Crippen LogP) is 3.37. The van der Waals surface area contributed by atoms with Crippen LogP contribution in [0.2, 0.25) is 0 Å². The number of hydrogen-bond acceptors (Lipinski definition) is 10. The quantitative estimate of drug-likeness (QED) is 0.187. The molecule has 3 aromatic carbocycles. The third-order valence-corrected chi connectivity index (χ3v) is 11.9. The van der Waals surface area contributed by atoms with E-state index in [0.717, 1.165) is 41.5 Å². The van der Waals surface area contributed by atoms with Gasteiger partial charge in [0.2, 0.25) is 17.6 Å². The summed E-state index contributed by atoms with van der Waals surface area (Å²) in [5.74, 6) is -2.17. The number of rotatable bonds is 12. The third kappa shape index (κ3) is 6.24. The van der Waals surface area contributed by atoms with Crippen molar-refractivity contribution >= 4 is 23.9 Å². The van der Waals surface area contributed by atoms with Gasteiger partial charge in [0, 0.05) is 37.1 Å². The maximum Gasteiger partial charge on any atom is 0.327 e. The molecule has 0 aromatic heterocycles. The number of esters is 1. The number of amides is 2. The van der Waals surface area contributed by atoms with Crippen LogP contribution in [-0.4, -0.2) is 90.3 Å². The van der Waals surface area contributed by atoms with Gasteiger partial charge >= 0.3 is 5.97 Å². The number of aliphatic hydroxyl groups is 1. The Kier molecular flexibility index (Phi) is 9.36. The van der Waals surface area contributed by atoms with Gasteiger partial charge in [-0.1, -0.05) is 97.1 Å². The lowest BCUT2D eigenvalue weighted by Crippen LogP contribution is -2.69. The van der Waals surface area contributed by atoms with Crippen molar-refractivity contribution in [1.29, 1.82) is 0 Å². The first kappa shape index (κ1) is 35.3. The number of benzene rings is 3. The lowest BCUT2D eigenvalue weighted by molar-refractivity contribution is -0.213. The Morgan fingerprint density at radius 1 is 0.870 bits per heavy atom. The predicted molar refractivity (Wildman–Crippen MR) is 194 cm³/mol. The third-order valence-electron chi connectivity index (χ3n) is 11.9. The van der Waals surface area contributed by atoms with Crippen LogP contribution in [0.15, 0.2) is 91.0 Å². The van der Waals surface area contributed by atoms with E-state index < -0.39 is 53.5 Å². The number of aliphatic hydroxyl groups excluding tert-OH is 1. The molecule has 4 aliphatic heterocycles. The molecule has 3 unspecified atom stereocenters. The van der Waals surface area contributed by atoms with E-state index >= 15 is 0 Å². The first-order valence-corrected chi connectivity index (χ1v) is 19.1. The summed E-state index contributed by atoms with van der Waals surface area (Å²) >= 11 is 0. The van der Waals surface area contributed by atoms with Gasteiger partial charge in [0.15, 0.2) is 6.04 Å². The first-order chi connectivity index (χ1) is 26.4. The van der Waals surface area contributed by atoms with Crippen LogP contribution in [0.5, 0.6) is 0 Å². The molecule has 3 N–H and O–H groups in total. The second kappa shape index (κ2) is 14.3. The fourth-order valence-corrected chi connectivity index (χ4v) is 9.26. The maximum absolute atomic E-state index is 14.6. The van der Waals surface area contributed by atoms with E-state index in [1.54, 1.807) is 5.06 Å². The van der Waals surface area contributed by atoms with E-state index in [0.29, 0.717) is 18.1 Å². The van der Waals surface area contributed by atoms with Gasteiger partial charge in [0.1, 0.15) is 29.8 Å². The second-order valence-corrected chi connectivity index (χ2v) is 15.2. The number of hydroxylamine groups is 2. The van der Waals surface area contributed by atoms with Gasteiger partial charge in [-0.15, -0.1) is 0 Å². The van der Waals surface area contributed by atoms with Crippen molar-refractivity contribution in [3.8, 4) is 0 Å². The number of carbonyl (C=O) groups is 3. The number of hydrogen-bond donors (Lipinski definition) is 3. The lowest BCUT2D eigenvalue weighted by Gasteiger charge is -2.48. The van der Waals surface area contributed by atoms with E-state index in [-0.39, 0.29) is 45.0 Å². The Morgan fingerprint density at radius 3 is 2.37 bits per heavy atom. The number of nitrogens with one attached hydrogen (secondary N) is 2. The summed E-state index contributed by atoms with van der Waals surface area (Å²) in [4.78, 5) is 48.0. The zero-order valence-corrected chi connectivity index (χ0v) is 29.9. The van der Waals surface area contributed by atoms with Crippen LogP contribution in [-0.2, 0) is 50.5 Å². The van der Waals surface area contributed by atoms with Crippen molar-refractivity contribution in [2.75, 3.05) is 19.7 Å². The molecule has 282 valence electrons. The summed E-state index contributed by atoms with van der Waals surface area (Å²) < 4.78 is 25.9. The fourth-order valence-electron chi connectivity index (χ4n) is 9.26. The maximum atomic E-state index is 14.6. The van der Waals surface area contributed by atoms with Gasteiger partial charge in [-0.2, -0.15) is 5.06 Å². The van der Waals surface area contributed by atoms with E-state index in [1.807, 2.05) is 72.8 Å². The Labute approximate surface area is 313 Å². The summed E-state index contributed by atoms with van der Waals surface area (Å²) in [5.41, 5.74) is 2.04. The van der Waals surface area contributed by atoms with Gasteiger partial charge < -0.3 is 34.7 Å². The summed E-state index contributed by atoms with van der Waals surface area (Å²) in [6, 6.07) is 26.2. The highest BCUT2D eigenvalue weighted by atomic mass is 16.8. The van der Waals surface area contributed by atoms with Crippen LogP contribution in [0.1, 0.15) is 54.4 Å². The number of allylic oxidation sites excluding steroid dienone is 1. The highest BCUT2D eigenvalue weighted by Crippen LogP contribution is 2.59.